The van der Waals surface area contributed by atoms with Crippen molar-refractivity contribution < 1.29 is 31.1 Å². The van der Waals surface area contributed by atoms with Crippen molar-refractivity contribution in [1.82, 2.24) is 14.9 Å². The van der Waals surface area contributed by atoms with Gasteiger partial charge in [-0.1, -0.05) is 13.0 Å². The zero-order valence-electron chi connectivity index (χ0n) is 19.0. The lowest BCUT2D eigenvalue weighted by atomic mass is 9.88. The van der Waals surface area contributed by atoms with Crippen LogP contribution in [0.1, 0.15) is 60.9 Å². The molecule has 0 aliphatic carbocycles. The minimum atomic E-state index is -4.76. The Balaban J connectivity index is 2.16. The van der Waals surface area contributed by atoms with E-state index >= 15 is 4.39 Å². The molecule has 0 amide bonds. The third-order valence-electron chi connectivity index (χ3n) is 5.65. The average molecular weight is 500 g/mol. The van der Waals surface area contributed by atoms with Crippen LogP contribution in [0.4, 0.5) is 13.2 Å². The Morgan fingerprint density at radius 3 is 2.29 bits per heavy atom. The number of benzene rings is 2. The molecule has 184 valence electrons. The molecular weight excluding hydrogens is 475 g/mol. The highest BCUT2D eigenvalue weighted by Gasteiger charge is 2.36. The first-order valence-electron chi connectivity index (χ1n) is 10.2. The zero-order chi connectivity index (χ0) is 25.6. The van der Waals surface area contributed by atoms with Gasteiger partial charge in [0, 0.05) is 5.92 Å². The summed E-state index contributed by atoms with van der Waals surface area (Å²) in [6.45, 7) is 7.07. The standard InChI is InChI=1S/C22H24F3N3O5S/c1-10-6-7-13(23)16(11(10)2)12(3)19(20-26-27-21(29)33-20)28-34(31,32)15-9-8-14(24)17(18(15)25)22(4,5)30/h6-9,12,19,28,30H,1-5H3,(H,27,29)/t12-,19+/m1/s1. The molecule has 3 rings (SSSR count). The maximum atomic E-state index is 15.1. The largest absolute Gasteiger partial charge is 0.434 e. The number of aryl methyl sites for hydroxylation is 1. The minimum Gasteiger partial charge on any atom is -0.391 e. The molecule has 3 aromatic rings. The van der Waals surface area contributed by atoms with Crippen molar-refractivity contribution in [2.75, 3.05) is 0 Å². The molecule has 2 aromatic carbocycles. The summed E-state index contributed by atoms with van der Waals surface area (Å²) in [7, 11) is -4.76. The highest BCUT2D eigenvalue weighted by molar-refractivity contribution is 7.89. The maximum absolute atomic E-state index is 15.1. The van der Waals surface area contributed by atoms with Gasteiger partial charge in [0.15, 0.2) is 5.82 Å². The van der Waals surface area contributed by atoms with E-state index in [1.807, 2.05) is 5.10 Å². The van der Waals surface area contributed by atoms with Crippen LogP contribution in [-0.2, 0) is 15.6 Å². The number of aliphatic hydroxyl groups is 1. The SMILES string of the molecule is Cc1ccc(F)c([C@@H](C)[C@H](NS(=O)(=O)c2ccc(F)c(C(C)(C)O)c2F)c2n[nH]c(=O)o2)c1C. The van der Waals surface area contributed by atoms with Crippen molar-refractivity contribution in [3.63, 3.8) is 0 Å². The van der Waals surface area contributed by atoms with Crippen LogP contribution < -0.4 is 10.5 Å². The van der Waals surface area contributed by atoms with Crippen LogP contribution in [0.3, 0.4) is 0 Å². The number of aromatic nitrogens is 2. The highest BCUT2D eigenvalue weighted by Crippen LogP contribution is 2.36. The lowest BCUT2D eigenvalue weighted by Gasteiger charge is -2.26. The summed E-state index contributed by atoms with van der Waals surface area (Å²) in [6.07, 6.45) is 0. The van der Waals surface area contributed by atoms with Gasteiger partial charge < -0.3 is 9.52 Å². The number of rotatable bonds is 7. The van der Waals surface area contributed by atoms with Gasteiger partial charge in [-0.05, 0) is 62.6 Å². The van der Waals surface area contributed by atoms with E-state index in [-0.39, 0.29) is 5.56 Å². The van der Waals surface area contributed by atoms with Gasteiger partial charge in [-0.15, -0.1) is 5.10 Å². The molecule has 1 aromatic heterocycles. The van der Waals surface area contributed by atoms with Gasteiger partial charge >= 0.3 is 5.76 Å². The van der Waals surface area contributed by atoms with Crippen LogP contribution in [0, 0.1) is 31.3 Å². The molecule has 0 fully saturated rings. The van der Waals surface area contributed by atoms with E-state index in [0.29, 0.717) is 17.7 Å². The number of H-pyrrole nitrogens is 1. The average Bonchev–Trinajstić information content (AvgIpc) is 3.14. The molecule has 0 radical (unpaired) electrons. The van der Waals surface area contributed by atoms with E-state index in [9.17, 15) is 27.1 Å². The smallest absolute Gasteiger partial charge is 0.391 e. The molecule has 0 aliphatic heterocycles. The van der Waals surface area contributed by atoms with Gasteiger partial charge in [-0.3, -0.25) is 0 Å². The van der Waals surface area contributed by atoms with Crippen molar-refractivity contribution in [2.45, 2.75) is 57.1 Å². The Kier molecular flexibility index (Phi) is 6.80. The normalized spacial score (nSPS) is 14.3. The van der Waals surface area contributed by atoms with Crippen LogP contribution in [0.2, 0.25) is 0 Å². The van der Waals surface area contributed by atoms with Crippen molar-refractivity contribution in [1.29, 1.82) is 0 Å². The number of nitrogens with zero attached hydrogens (tertiary/aromatic N) is 1. The fraction of sp³-hybridized carbons (Fsp3) is 0.364. The Labute approximate surface area is 193 Å². The van der Waals surface area contributed by atoms with Crippen LogP contribution >= 0.6 is 0 Å². The molecule has 3 N–H and O–H groups in total. The van der Waals surface area contributed by atoms with E-state index in [0.717, 1.165) is 19.4 Å². The fourth-order valence-corrected chi connectivity index (χ4v) is 5.15. The molecule has 0 saturated heterocycles. The van der Waals surface area contributed by atoms with Gasteiger partial charge in [0.2, 0.25) is 15.9 Å². The third-order valence-corrected chi connectivity index (χ3v) is 7.11. The van der Waals surface area contributed by atoms with Crippen LogP contribution in [-0.4, -0.2) is 23.7 Å². The van der Waals surface area contributed by atoms with E-state index in [2.05, 4.69) is 9.82 Å². The van der Waals surface area contributed by atoms with Gasteiger partial charge in [0.1, 0.15) is 22.6 Å². The number of halogens is 3. The quantitative estimate of drug-likeness (QED) is 0.457. The summed E-state index contributed by atoms with van der Waals surface area (Å²) in [5.41, 5.74) is -1.47. The molecular formula is C22H24F3N3O5S. The molecule has 1 heterocycles. The molecule has 2 atom stereocenters. The number of aromatic amines is 1. The van der Waals surface area contributed by atoms with Crippen LogP contribution in [0.25, 0.3) is 0 Å². The lowest BCUT2D eigenvalue weighted by molar-refractivity contribution is 0.0696. The Morgan fingerprint density at radius 2 is 1.74 bits per heavy atom. The summed E-state index contributed by atoms with van der Waals surface area (Å²) >= 11 is 0. The van der Waals surface area contributed by atoms with Crippen LogP contribution in [0.5, 0.6) is 0 Å². The van der Waals surface area contributed by atoms with E-state index < -0.39 is 67.1 Å². The Morgan fingerprint density at radius 1 is 1.12 bits per heavy atom. The second-order valence-electron chi connectivity index (χ2n) is 8.54. The number of nitrogens with one attached hydrogen (secondary N) is 2. The summed E-state index contributed by atoms with van der Waals surface area (Å²) in [5, 5.41) is 15.8. The number of sulfonamides is 1. The van der Waals surface area contributed by atoms with Gasteiger partial charge in [-0.2, -0.15) is 4.72 Å². The predicted molar refractivity (Wildman–Crippen MR) is 116 cm³/mol. The number of hydrogen-bond acceptors (Lipinski definition) is 6. The number of hydrogen-bond donors (Lipinski definition) is 3. The van der Waals surface area contributed by atoms with Crippen molar-refractivity contribution in [2.24, 2.45) is 0 Å². The van der Waals surface area contributed by atoms with Crippen molar-refractivity contribution in [3.05, 3.63) is 80.4 Å². The van der Waals surface area contributed by atoms with Crippen molar-refractivity contribution >= 4 is 10.0 Å². The summed E-state index contributed by atoms with van der Waals surface area (Å²) in [4.78, 5) is 10.6. The van der Waals surface area contributed by atoms with Gasteiger partial charge in [-0.25, -0.2) is 31.5 Å². The molecule has 12 heteroatoms. The molecule has 0 unspecified atom stereocenters. The summed E-state index contributed by atoms with van der Waals surface area (Å²) < 4.78 is 77.6. The maximum Gasteiger partial charge on any atom is 0.434 e. The van der Waals surface area contributed by atoms with Gasteiger partial charge in [0.05, 0.1) is 11.2 Å². The Bertz CT molecular complexity index is 1390. The van der Waals surface area contributed by atoms with Crippen LogP contribution in [0.15, 0.2) is 38.4 Å². The second-order valence-corrected chi connectivity index (χ2v) is 10.2. The second kappa shape index (κ2) is 9.01. The molecule has 0 bridgehead atoms. The molecule has 34 heavy (non-hydrogen) atoms. The topological polar surface area (TPSA) is 125 Å². The molecule has 8 nitrogen and oxygen atoms in total. The van der Waals surface area contributed by atoms with E-state index in [1.165, 1.54) is 13.0 Å². The van der Waals surface area contributed by atoms with E-state index in [1.54, 1.807) is 19.9 Å². The lowest BCUT2D eigenvalue weighted by Crippen LogP contribution is -2.34. The van der Waals surface area contributed by atoms with Crippen molar-refractivity contribution in [3.8, 4) is 0 Å². The first-order valence-corrected chi connectivity index (χ1v) is 11.7. The monoisotopic (exact) mass is 499 g/mol. The fourth-order valence-electron chi connectivity index (χ4n) is 3.80. The zero-order valence-corrected chi connectivity index (χ0v) is 19.9. The summed E-state index contributed by atoms with van der Waals surface area (Å²) in [5.74, 6) is -5.62. The summed E-state index contributed by atoms with van der Waals surface area (Å²) in [6, 6.07) is 2.73. The molecule has 0 saturated carbocycles. The van der Waals surface area contributed by atoms with E-state index in [4.69, 9.17) is 4.42 Å². The van der Waals surface area contributed by atoms with Gasteiger partial charge in [0.25, 0.3) is 0 Å². The third kappa shape index (κ3) is 4.79. The predicted octanol–water partition coefficient (Wildman–Crippen LogP) is 3.45. The molecule has 0 spiro atoms. The first kappa shape index (κ1) is 25.7. The highest BCUT2D eigenvalue weighted by atomic mass is 32.2. The molecule has 0 aliphatic rings. The Hall–Kier alpha value is -2.96. The first-order chi connectivity index (χ1) is 15.6. The minimum absolute atomic E-state index is 0.134.